The van der Waals surface area contributed by atoms with Crippen molar-refractivity contribution in [3.05, 3.63) is 0 Å². The van der Waals surface area contributed by atoms with Gasteiger partial charge in [-0.3, -0.25) is 4.79 Å². The first-order valence-corrected chi connectivity index (χ1v) is 6.27. The summed E-state index contributed by atoms with van der Waals surface area (Å²) in [4.78, 5) is 34.9. The largest absolute Gasteiger partial charge is 0.480 e. The average Bonchev–Trinajstić information content (AvgIpc) is 2.35. The van der Waals surface area contributed by atoms with Crippen molar-refractivity contribution in [3.63, 3.8) is 0 Å². The van der Waals surface area contributed by atoms with Gasteiger partial charge in [0.15, 0.2) is 0 Å². The summed E-state index contributed by atoms with van der Waals surface area (Å²) in [6.07, 6.45) is 1.98. The van der Waals surface area contributed by atoms with Crippen LogP contribution in [-0.4, -0.2) is 51.1 Å². The van der Waals surface area contributed by atoms with Gasteiger partial charge in [-0.1, -0.05) is 19.8 Å². The summed E-state index contributed by atoms with van der Waals surface area (Å²) >= 11 is 0. The second-order valence-electron chi connectivity index (χ2n) is 4.52. The van der Waals surface area contributed by atoms with E-state index >= 15 is 0 Å². The van der Waals surface area contributed by atoms with Gasteiger partial charge in [0, 0.05) is 0 Å². The lowest BCUT2D eigenvalue weighted by molar-refractivity contribution is -0.158. The Morgan fingerprint density at radius 1 is 1.11 bits per heavy atom. The van der Waals surface area contributed by atoms with Crippen LogP contribution in [0.5, 0.6) is 0 Å². The van der Waals surface area contributed by atoms with E-state index in [1.165, 1.54) is 13.8 Å². The molecule has 1 amide bonds. The van der Waals surface area contributed by atoms with E-state index in [2.05, 4.69) is 0 Å². The van der Waals surface area contributed by atoms with Gasteiger partial charge in [0.2, 0.25) is 5.91 Å². The molecule has 0 aromatic heterocycles. The van der Waals surface area contributed by atoms with Gasteiger partial charge in [-0.15, -0.1) is 0 Å². The normalized spacial score (nSPS) is 15.4. The molecule has 3 atom stereocenters. The van der Waals surface area contributed by atoms with Gasteiger partial charge in [0.25, 0.3) is 0 Å². The highest BCUT2D eigenvalue weighted by Crippen LogP contribution is 2.11. The van der Waals surface area contributed by atoms with E-state index < -0.39 is 36.0 Å². The first-order valence-electron chi connectivity index (χ1n) is 6.27. The maximum atomic E-state index is 12.1. The molecule has 0 bridgehead atoms. The second-order valence-corrected chi connectivity index (χ2v) is 4.52. The number of carboxylic acids is 2. The number of nitrogens with two attached hydrogens (primary N) is 1. The number of rotatable bonds is 8. The Labute approximate surface area is 112 Å². The lowest BCUT2D eigenvalue weighted by atomic mass is 10.1. The molecular weight excluding hydrogens is 252 g/mol. The molecule has 0 aliphatic carbocycles. The standard InChI is InChI=1S/C12H22N2O5/c1-4-5-6-9(13)10(15)14(7(2)11(16)17)8(3)12(18)19/h7-9H,4-6,13H2,1-3H3,(H,16,17)(H,18,19)/t7-,8+,9-/m0/s1. The first-order chi connectivity index (χ1) is 8.73. The Morgan fingerprint density at radius 2 is 1.53 bits per heavy atom. The van der Waals surface area contributed by atoms with E-state index in [0.29, 0.717) is 6.42 Å². The van der Waals surface area contributed by atoms with Gasteiger partial charge >= 0.3 is 11.9 Å². The minimum atomic E-state index is -1.26. The van der Waals surface area contributed by atoms with Crippen molar-refractivity contribution < 1.29 is 24.6 Å². The number of carbonyl (C=O) groups is 3. The van der Waals surface area contributed by atoms with Gasteiger partial charge < -0.3 is 20.8 Å². The zero-order chi connectivity index (χ0) is 15.2. The number of carbonyl (C=O) groups excluding carboxylic acids is 1. The van der Waals surface area contributed by atoms with Crippen LogP contribution in [0.25, 0.3) is 0 Å². The molecule has 0 radical (unpaired) electrons. The quantitative estimate of drug-likeness (QED) is 0.584. The molecule has 0 saturated heterocycles. The Hall–Kier alpha value is -1.63. The van der Waals surface area contributed by atoms with E-state index in [9.17, 15) is 14.4 Å². The van der Waals surface area contributed by atoms with Crippen LogP contribution in [-0.2, 0) is 14.4 Å². The minimum Gasteiger partial charge on any atom is -0.480 e. The van der Waals surface area contributed by atoms with Crippen molar-refractivity contribution in [2.45, 2.75) is 58.2 Å². The maximum absolute atomic E-state index is 12.1. The lowest BCUT2D eigenvalue weighted by Crippen LogP contribution is -2.56. The molecule has 4 N–H and O–H groups in total. The number of aliphatic carboxylic acids is 2. The van der Waals surface area contributed by atoms with E-state index in [-0.39, 0.29) is 0 Å². The van der Waals surface area contributed by atoms with Crippen LogP contribution in [0.1, 0.15) is 40.0 Å². The van der Waals surface area contributed by atoms with Crippen molar-refractivity contribution in [1.82, 2.24) is 4.90 Å². The monoisotopic (exact) mass is 274 g/mol. The second kappa shape index (κ2) is 7.73. The molecule has 0 unspecified atom stereocenters. The fourth-order valence-corrected chi connectivity index (χ4v) is 1.69. The molecule has 110 valence electrons. The zero-order valence-electron chi connectivity index (χ0n) is 11.5. The van der Waals surface area contributed by atoms with Crippen LogP contribution in [0.3, 0.4) is 0 Å². The number of unbranched alkanes of at least 4 members (excludes halogenated alkanes) is 1. The van der Waals surface area contributed by atoms with Crippen molar-refractivity contribution in [1.29, 1.82) is 0 Å². The van der Waals surface area contributed by atoms with Crippen LogP contribution >= 0.6 is 0 Å². The summed E-state index contributed by atoms with van der Waals surface area (Å²) in [5, 5.41) is 17.9. The molecule has 0 aromatic rings. The van der Waals surface area contributed by atoms with Crippen LogP contribution in [0.4, 0.5) is 0 Å². The molecule has 0 saturated carbocycles. The van der Waals surface area contributed by atoms with Gasteiger partial charge in [0.05, 0.1) is 6.04 Å². The highest BCUT2D eigenvalue weighted by Gasteiger charge is 2.35. The number of carboxylic acid groups (broad SMARTS) is 2. The van der Waals surface area contributed by atoms with Crippen molar-refractivity contribution >= 4 is 17.8 Å². The van der Waals surface area contributed by atoms with Crippen molar-refractivity contribution in [2.24, 2.45) is 5.73 Å². The Kier molecular flexibility index (Phi) is 7.06. The maximum Gasteiger partial charge on any atom is 0.326 e. The molecule has 0 spiro atoms. The van der Waals surface area contributed by atoms with E-state index in [1.54, 1.807) is 0 Å². The predicted octanol–water partition coefficient (Wildman–Crippen LogP) is 0.279. The first kappa shape index (κ1) is 17.4. The smallest absolute Gasteiger partial charge is 0.326 e. The molecule has 0 aliphatic heterocycles. The van der Waals surface area contributed by atoms with Crippen molar-refractivity contribution in [3.8, 4) is 0 Å². The Bertz CT molecular complexity index is 325. The lowest BCUT2D eigenvalue weighted by Gasteiger charge is -2.32. The highest BCUT2D eigenvalue weighted by atomic mass is 16.4. The van der Waals surface area contributed by atoms with Crippen molar-refractivity contribution in [2.75, 3.05) is 0 Å². The zero-order valence-corrected chi connectivity index (χ0v) is 11.5. The van der Waals surface area contributed by atoms with E-state index in [4.69, 9.17) is 15.9 Å². The summed E-state index contributed by atoms with van der Waals surface area (Å²) in [6.45, 7) is 4.48. The third-order valence-corrected chi connectivity index (χ3v) is 2.99. The topological polar surface area (TPSA) is 121 Å². The van der Waals surface area contributed by atoms with Crippen LogP contribution < -0.4 is 5.73 Å². The van der Waals surface area contributed by atoms with E-state index in [0.717, 1.165) is 17.7 Å². The minimum absolute atomic E-state index is 0.407. The SMILES string of the molecule is CCCC[C@H](N)C(=O)N([C@H](C)C(=O)O)[C@@H](C)C(=O)O. The number of amides is 1. The third kappa shape index (κ3) is 4.86. The Morgan fingerprint density at radius 3 is 1.84 bits per heavy atom. The van der Waals surface area contributed by atoms with Gasteiger partial charge in [-0.05, 0) is 20.3 Å². The molecule has 0 aromatic carbocycles. The fraction of sp³-hybridized carbons (Fsp3) is 0.750. The number of hydrogen-bond donors (Lipinski definition) is 3. The fourth-order valence-electron chi connectivity index (χ4n) is 1.69. The molecule has 19 heavy (non-hydrogen) atoms. The highest BCUT2D eigenvalue weighted by molar-refractivity contribution is 5.90. The molecule has 0 fully saturated rings. The number of nitrogens with zero attached hydrogens (tertiary/aromatic N) is 1. The molecule has 7 heteroatoms. The summed E-state index contributed by atoms with van der Waals surface area (Å²) in [6, 6.07) is -3.33. The van der Waals surface area contributed by atoms with E-state index in [1.807, 2.05) is 6.92 Å². The molecule has 0 aliphatic rings. The summed E-state index contributed by atoms with van der Waals surface area (Å²) in [5.41, 5.74) is 5.70. The third-order valence-electron chi connectivity index (χ3n) is 2.99. The molecule has 7 nitrogen and oxygen atoms in total. The molecular formula is C12H22N2O5. The summed E-state index contributed by atoms with van der Waals surface area (Å²) < 4.78 is 0. The number of hydrogen-bond acceptors (Lipinski definition) is 4. The van der Waals surface area contributed by atoms with Crippen LogP contribution in [0.15, 0.2) is 0 Å². The summed E-state index contributed by atoms with van der Waals surface area (Å²) in [7, 11) is 0. The van der Waals surface area contributed by atoms with Crippen LogP contribution in [0.2, 0.25) is 0 Å². The molecule has 0 rings (SSSR count). The van der Waals surface area contributed by atoms with Gasteiger partial charge in [-0.25, -0.2) is 9.59 Å². The van der Waals surface area contributed by atoms with Gasteiger partial charge in [0.1, 0.15) is 12.1 Å². The average molecular weight is 274 g/mol. The predicted molar refractivity (Wildman–Crippen MR) is 68.5 cm³/mol. The summed E-state index contributed by atoms with van der Waals surface area (Å²) in [5.74, 6) is -3.16. The Balaban J connectivity index is 5.07. The van der Waals surface area contributed by atoms with Gasteiger partial charge in [-0.2, -0.15) is 0 Å². The molecule has 0 heterocycles. The van der Waals surface area contributed by atoms with Crippen LogP contribution in [0, 0.1) is 0 Å².